The van der Waals surface area contributed by atoms with Crippen molar-refractivity contribution in [2.75, 3.05) is 26.7 Å². The number of hydrogen-bond acceptors (Lipinski definition) is 5. The first kappa shape index (κ1) is 13.0. The van der Waals surface area contributed by atoms with Gasteiger partial charge in [0.2, 0.25) is 5.91 Å². The first-order valence-electron chi connectivity index (χ1n) is 6.62. The van der Waals surface area contributed by atoms with Gasteiger partial charge in [0.1, 0.15) is 5.76 Å². The first-order chi connectivity index (χ1) is 9.47. The molecule has 1 spiro atoms. The van der Waals surface area contributed by atoms with E-state index in [2.05, 4.69) is 5.16 Å². The van der Waals surface area contributed by atoms with Crippen LogP contribution in [0.2, 0.25) is 0 Å². The molecule has 0 N–H and O–H groups in total. The number of rotatable bonds is 2. The Hall–Kier alpha value is -2.05. The maximum Gasteiger partial charge on any atom is 0.410 e. The maximum atomic E-state index is 12.2. The molecule has 1 aromatic rings. The average Bonchev–Trinajstić information content (AvgIpc) is 3.03. The van der Waals surface area contributed by atoms with Crippen LogP contribution in [0.4, 0.5) is 4.79 Å². The second-order valence-electron chi connectivity index (χ2n) is 5.58. The van der Waals surface area contributed by atoms with Crippen LogP contribution in [-0.2, 0) is 16.0 Å². The third kappa shape index (κ3) is 2.23. The van der Waals surface area contributed by atoms with Crippen molar-refractivity contribution < 1.29 is 18.8 Å². The van der Waals surface area contributed by atoms with Crippen molar-refractivity contribution in [1.82, 2.24) is 15.0 Å². The first-order valence-corrected chi connectivity index (χ1v) is 6.62. The van der Waals surface area contributed by atoms with Crippen LogP contribution in [0.1, 0.15) is 17.9 Å². The number of aromatic nitrogens is 1. The molecule has 20 heavy (non-hydrogen) atoms. The molecule has 2 fully saturated rings. The van der Waals surface area contributed by atoms with E-state index >= 15 is 0 Å². The molecule has 1 aromatic heterocycles. The van der Waals surface area contributed by atoms with Gasteiger partial charge in [0.15, 0.2) is 5.60 Å². The number of nitrogens with zero attached hydrogens (tertiary/aromatic N) is 3. The fourth-order valence-corrected chi connectivity index (χ4v) is 2.82. The molecule has 7 heteroatoms. The molecule has 3 heterocycles. The summed E-state index contributed by atoms with van der Waals surface area (Å²) >= 11 is 0. The zero-order valence-electron chi connectivity index (χ0n) is 11.6. The Morgan fingerprint density at radius 1 is 1.50 bits per heavy atom. The Morgan fingerprint density at radius 3 is 2.90 bits per heavy atom. The number of likely N-dealkylation sites (tertiary alicyclic amines) is 1. The van der Waals surface area contributed by atoms with Crippen molar-refractivity contribution in [3.8, 4) is 0 Å². The molecule has 0 aliphatic carbocycles. The van der Waals surface area contributed by atoms with Crippen LogP contribution in [0.3, 0.4) is 0 Å². The molecule has 3 rings (SSSR count). The average molecular weight is 279 g/mol. The molecule has 108 valence electrons. The van der Waals surface area contributed by atoms with Crippen LogP contribution in [0.25, 0.3) is 0 Å². The van der Waals surface area contributed by atoms with Gasteiger partial charge in [-0.3, -0.25) is 4.79 Å². The van der Waals surface area contributed by atoms with E-state index in [4.69, 9.17) is 9.26 Å². The normalized spacial score (nSPS) is 25.6. The summed E-state index contributed by atoms with van der Waals surface area (Å²) in [6, 6.07) is 1.76. The van der Waals surface area contributed by atoms with Crippen LogP contribution in [-0.4, -0.2) is 59.2 Å². The number of carbonyl (C=O) groups is 2. The monoisotopic (exact) mass is 279 g/mol. The molecule has 0 aromatic carbocycles. The number of likely N-dealkylation sites (N-methyl/N-ethyl adjacent to an activating group) is 1. The molecule has 0 unspecified atom stereocenters. The maximum absolute atomic E-state index is 12.2. The van der Waals surface area contributed by atoms with Crippen LogP contribution in [0.15, 0.2) is 10.6 Å². The third-order valence-electron chi connectivity index (χ3n) is 3.81. The van der Waals surface area contributed by atoms with E-state index in [1.165, 1.54) is 0 Å². The summed E-state index contributed by atoms with van der Waals surface area (Å²) in [5.74, 6) is 0.539. The number of aryl methyl sites for hydroxylation is 1. The lowest BCUT2D eigenvalue weighted by atomic mass is 10.0. The van der Waals surface area contributed by atoms with Crippen molar-refractivity contribution in [3.63, 3.8) is 0 Å². The predicted octanol–water partition coefficient (Wildman–Crippen LogP) is 0.579. The van der Waals surface area contributed by atoms with Crippen molar-refractivity contribution >= 4 is 12.0 Å². The van der Waals surface area contributed by atoms with Gasteiger partial charge < -0.3 is 19.1 Å². The van der Waals surface area contributed by atoms with Crippen LogP contribution < -0.4 is 0 Å². The molecule has 2 aliphatic rings. The SMILES string of the molecule is Cc1cc(CC(=O)N2CC[C@@]3(CN(C)C(=O)O3)C2)on1. The van der Waals surface area contributed by atoms with Gasteiger partial charge in [-0.15, -0.1) is 0 Å². The molecular weight excluding hydrogens is 262 g/mol. The van der Waals surface area contributed by atoms with E-state index in [9.17, 15) is 9.59 Å². The highest BCUT2D eigenvalue weighted by Gasteiger charge is 2.49. The largest absolute Gasteiger partial charge is 0.439 e. The van der Waals surface area contributed by atoms with Crippen LogP contribution in [0.5, 0.6) is 0 Å². The van der Waals surface area contributed by atoms with Gasteiger partial charge in [-0.25, -0.2) is 4.79 Å². The fourth-order valence-electron chi connectivity index (χ4n) is 2.82. The predicted molar refractivity (Wildman–Crippen MR) is 68.0 cm³/mol. The Labute approximate surface area is 116 Å². The second kappa shape index (κ2) is 4.50. The van der Waals surface area contributed by atoms with E-state index in [1.807, 2.05) is 6.92 Å². The molecule has 2 saturated heterocycles. The van der Waals surface area contributed by atoms with Gasteiger partial charge >= 0.3 is 6.09 Å². The van der Waals surface area contributed by atoms with Crippen molar-refractivity contribution in [1.29, 1.82) is 0 Å². The van der Waals surface area contributed by atoms with Gasteiger partial charge in [0.05, 0.1) is 25.2 Å². The summed E-state index contributed by atoms with van der Waals surface area (Å²) in [6.07, 6.45) is 0.565. The highest BCUT2D eigenvalue weighted by molar-refractivity contribution is 5.79. The van der Waals surface area contributed by atoms with Gasteiger partial charge in [0, 0.05) is 26.1 Å². The van der Waals surface area contributed by atoms with Crippen molar-refractivity contribution in [2.24, 2.45) is 0 Å². The molecule has 0 radical (unpaired) electrons. The Morgan fingerprint density at radius 2 is 2.30 bits per heavy atom. The molecule has 0 saturated carbocycles. The van der Waals surface area contributed by atoms with Crippen molar-refractivity contribution in [2.45, 2.75) is 25.4 Å². The zero-order valence-corrected chi connectivity index (χ0v) is 11.6. The summed E-state index contributed by atoms with van der Waals surface area (Å²) in [5.41, 5.74) is 0.232. The lowest BCUT2D eigenvalue weighted by Crippen LogP contribution is -2.39. The molecular formula is C13H17N3O4. The van der Waals surface area contributed by atoms with E-state index in [1.54, 1.807) is 22.9 Å². The molecule has 2 aliphatic heterocycles. The number of hydrogen-bond donors (Lipinski definition) is 0. The van der Waals surface area contributed by atoms with Crippen LogP contribution in [0, 0.1) is 6.92 Å². The van der Waals surface area contributed by atoms with E-state index in [0.717, 1.165) is 5.69 Å². The lowest BCUT2D eigenvalue weighted by molar-refractivity contribution is -0.130. The topological polar surface area (TPSA) is 75.9 Å². The highest BCUT2D eigenvalue weighted by atomic mass is 16.6. The Kier molecular flexibility index (Phi) is 2.92. The van der Waals surface area contributed by atoms with Gasteiger partial charge in [-0.1, -0.05) is 5.16 Å². The van der Waals surface area contributed by atoms with Gasteiger partial charge in [0.25, 0.3) is 0 Å². The number of carbonyl (C=O) groups excluding carboxylic acids is 2. The smallest absolute Gasteiger partial charge is 0.410 e. The summed E-state index contributed by atoms with van der Waals surface area (Å²) in [6.45, 7) is 3.41. The Balaban J connectivity index is 1.62. The molecule has 2 amide bonds. The summed E-state index contributed by atoms with van der Waals surface area (Å²) in [7, 11) is 1.71. The van der Waals surface area contributed by atoms with Crippen LogP contribution >= 0.6 is 0 Å². The van der Waals surface area contributed by atoms with E-state index < -0.39 is 5.60 Å². The lowest BCUT2D eigenvalue weighted by Gasteiger charge is -2.21. The Bertz CT molecular complexity index is 556. The third-order valence-corrected chi connectivity index (χ3v) is 3.81. The van der Waals surface area contributed by atoms with Gasteiger partial charge in [-0.05, 0) is 6.92 Å². The van der Waals surface area contributed by atoms with Crippen molar-refractivity contribution in [3.05, 3.63) is 17.5 Å². The second-order valence-corrected chi connectivity index (χ2v) is 5.58. The summed E-state index contributed by atoms with van der Waals surface area (Å²) in [4.78, 5) is 27.0. The molecule has 0 bridgehead atoms. The van der Waals surface area contributed by atoms with Gasteiger partial charge in [-0.2, -0.15) is 0 Å². The standard InChI is InChI=1S/C13H17N3O4/c1-9-5-10(20-14-9)6-11(17)16-4-3-13(8-16)7-15(2)12(18)19-13/h5H,3-4,6-8H2,1-2H3/t13-/m1/s1. The molecule has 7 nitrogen and oxygen atoms in total. The van der Waals surface area contributed by atoms with E-state index in [0.29, 0.717) is 31.8 Å². The zero-order chi connectivity index (χ0) is 14.3. The molecule has 1 atom stereocenters. The minimum atomic E-state index is -0.529. The number of ether oxygens (including phenoxy) is 1. The quantitative estimate of drug-likeness (QED) is 0.791. The van der Waals surface area contributed by atoms with E-state index in [-0.39, 0.29) is 18.4 Å². The number of amides is 2. The minimum Gasteiger partial charge on any atom is -0.439 e. The fraction of sp³-hybridized carbons (Fsp3) is 0.615. The highest BCUT2D eigenvalue weighted by Crippen LogP contribution is 2.31. The minimum absolute atomic E-state index is 0.0244. The summed E-state index contributed by atoms with van der Waals surface area (Å²) < 4.78 is 10.5. The summed E-state index contributed by atoms with van der Waals surface area (Å²) in [5, 5.41) is 3.77.